The predicted octanol–water partition coefficient (Wildman–Crippen LogP) is 0.611. The van der Waals surface area contributed by atoms with Crippen molar-refractivity contribution >= 4 is 28.2 Å². The summed E-state index contributed by atoms with van der Waals surface area (Å²) in [6.45, 7) is 3.16. The monoisotopic (exact) mass is 295 g/mol. The highest BCUT2D eigenvalue weighted by atomic mass is 32.1. The Balaban J connectivity index is 2.49. The minimum atomic E-state index is -1.12. The average Bonchev–Trinajstić information content (AvgIpc) is 2.78. The van der Waals surface area contributed by atoms with Crippen LogP contribution in [0.15, 0.2) is 16.4 Å². The number of nitrogens with zero attached hydrogens (tertiary/aromatic N) is 3. The van der Waals surface area contributed by atoms with Gasteiger partial charge in [-0.1, -0.05) is 0 Å². The van der Waals surface area contributed by atoms with E-state index in [1.165, 1.54) is 21.9 Å². The molecule has 2 aromatic heterocycles. The number of carboxylic acid groups (broad SMARTS) is 1. The van der Waals surface area contributed by atoms with Gasteiger partial charge in [0.25, 0.3) is 11.5 Å². The molecule has 1 amide bonds. The number of rotatable bonds is 4. The first-order valence-electron chi connectivity index (χ1n) is 5.92. The van der Waals surface area contributed by atoms with E-state index in [1.54, 1.807) is 19.2 Å². The van der Waals surface area contributed by atoms with Gasteiger partial charge in [0.1, 0.15) is 12.1 Å². The molecule has 8 heteroatoms. The van der Waals surface area contributed by atoms with Crippen LogP contribution in [0.3, 0.4) is 0 Å². The third kappa shape index (κ3) is 2.42. The van der Waals surface area contributed by atoms with Gasteiger partial charge >= 0.3 is 5.97 Å². The number of carboxylic acids is 1. The maximum Gasteiger partial charge on any atom is 0.323 e. The topological polar surface area (TPSA) is 92.0 Å². The van der Waals surface area contributed by atoms with Crippen molar-refractivity contribution < 1.29 is 14.7 Å². The molecule has 106 valence electrons. The van der Waals surface area contributed by atoms with Crippen LogP contribution in [0, 0.1) is 6.92 Å². The minimum Gasteiger partial charge on any atom is -0.480 e. The Hall–Kier alpha value is -2.22. The number of carbonyl (C=O) groups is 2. The fourth-order valence-electron chi connectivity index (χ4n) is 1.83. The molecule has 0 saturated carbocycles. The lowest BCUT2D eigenvalue weighted by molar-refractivity contribution is -0.137. The average molecular weight is 295 g/mol. The fraction of sp³-hybridized carbons (Fsp3) is 0.333. The maximum atomic E-state index is 12.3. The van der Waals surface area contributed by atoms with Crippen LogP contribution in [0.1, 0.15) is 23.0 Å². The molecule has 7 nitrogen and oxygen atoms in total. The summed E-state index contributed by atoms with van der Waals surface area (Å²) in [7, 11) is 0. The molecule has 0 unspecified atom stereocenters. The van der Waals surface area contributed by atoms with Crippen LogP contribution in [0.4, 0.5) is 0 Å². The van der Waals surface area contributed by atoms with E-state index in [-0.39, 0.29) is 12.1 Å². The fourth-order valence-corrected chi connectivity index (χ4v) is 2.66. The highest BCUT2D eigenvalue weighted by molar-refractivity contribution is 7.15. The van der Waals surface area contributed by atoms with Crippen molar-refractivity contribution in [2.75, 3.05) is 13.1 Å². The lowest BCUT2D eigenvalue weighted by atomic mass is 10.2. The Labute approximate surface area is 118 Å². The number of aryl methyl sites for hydroxylation is 1. The van der Waals surface area contributed by atoms with Gasteiger partial charge in [0.15, 0.2) is 4.96 Å². The summed E-state index contributed by atoms with van der Waals surface area (Å²) in [4.78, 5) is 40.9. The third-order valence-electron chi connectivity index (χ3n) is 2.84. The number of hydrogen-bond acceptors (Lipinski definition) is 5. The van der Waals surface area contributed by atoms with Gasteiger partial charge < -0.3 is 10.0 Å². The van der Waals surface area contributed by atoms with Crippen LogP contribution in [0.5, 0.6) is 0 Å². The van der Waals surface area contributed by atoms with Crippen LogP contribution in [-0.4, -0.2) is 44.4 Å². The Bertz CT molecular complexity index is 734. The molecule has 0 aliphatic heterocycles. The molecule has 0 aromatic carbocycles. The molecule has 0 spiro atoms. The standard InChI is InChI=1S/C12H13N3O4S/c1-3-14(5-9(16)17)10(18)8-4-13-12-15(11(8)19)7(2)6-20-12/h4,6H,3,5H2,1-2H3,(H,16,17). The Kier molecular flexibility index (Phi) is 3.84. The number of hydrogen-bond donors (Lipinski definition) is 1. The molecular weight excluding hydrogens is 282 g/mol. The molecule has 2 rings (SSSR count). The Morgan fingerprint density at radius 2 is 2.20 bits per heavy atom. The largest absolute Gasteiger partial charge is 0.480 e. The number of likely N-dealkylation sites (N-methyl/N-ethyl adjacent to an activating group) is 1. The molecule has 0 fully saturated rings. The highest BCUT2D eigenvalue weighted by Gasteiger charge is 2.21. The van der Waals surface area contributed by atoms with Gasteiger partial charge in [-0.05, 0) is 13.8 Å². The van der Waals surface area contributed by atoms with Crippen LogP contribution in [0.25, 0.3) is 4.96 Å². The van der Waals surface area contributed by atoms with Gasteiger partial charge in [0.05, 0.1) is 0 Å². The summed E-state index contributed by atoms with van der Waals surface area (Å²) in [6.07, 6.45) is 1.21. The van der Waals surface area contributed by atoms with Crippen LogP contribution in [-0.2, 0) is 4.79 Å². The van der Waals surface area contributed by atoms with Crippen LogP contribution < -0.4 is 5.56 Å². The Morgan fingerprint density at radius 1 is 1.50 bits per heavy atom. The summed E-state index contributed by atoms with van der Waals surface area (Å²) < 4.78 is 1.35. The summed E-state index contributed by atoms with van der Waals surface area (Å²) in [6, 6.07) is 0. The highest BCUT2D eigenvalue weighted by Crippen LogP contribution is 2.11. The molecule has 20 heavy (non-hydrogen) atoms. The Morgan fingerprint density at radius 3 is 2.80 bits per heavy atom. The van der Waals surface area contributed by atoms with Crippen LogP contribution in [0.2, 0.25) is 0 Å². The second kappa shape index (κ2) is 5.41. The minimum absolute atomic E-state index is 0.118. The van der Waals surface area contributed by atoms with Gasteiger partial charge in [0.2, 0.25) is 0 Å². The van der Waals surface area contributed by atoms with E-state index in [2.05, 4.69) is 4.98 Å². The smallest absolute Gasteiger partial charge is 0.323 e. The molecule has 0 radical (unpaired) electrons. The van der Waals surface area contributed by atoms with Crippen LogP contribution >= 0.6 is 11.3 Å². The molecule has 0 aliphatic carbocycles. The summed E-state index contributed by atoms with van der Waals surface area (Å²) in [5.74, 6) is -1.74. The van der Waals surface area contributed by atoms with E-state index < -0.39 is 24.0 Å². The molecule has 2 aromatic rings. The van der Waals surface area contributed by atoms with E-state index in [9.17, 15) is 14.4 Å². The maximum absolute atomic E-state index is 12.3. The van der Waals surface area contributed by atoms with Gasteiger partial charge in [-0.25, -0.2) is 4.98 Å². The number of thiazole rings is 1. The van der Waals surface area contributed by atoms with Gasteiger partial charge in [-0.2, -0.15) is 0 Å². The zero-order valence-corrected chi connectivity index (χ0v) is 11.8. The molecule has 0 bridgehead atoms. The number of carbonyl (C=O) groups excluding carboxylic acids is 1. The predicted molar refractivity (Wildman–Crippen MR) is 73.3 cm³/mol. The third-order valence-corrected chi connectivity index (χ3v) is 3.80. The lowest BCUT2D eigenvalue weighted by Gasteiger charge is -2.17. The second-order valence-electron chi connectivity index (χ2n) is 4.19. The molecule has 2 heterocycles. The summed E-state index contributed by atoms with van der Waals surface area (Å²) >= 11 is 1.31. The SMILES string of the molecule is CCN(CC(=O)O)C(=O)c1cnc2scc(C)n2c1=O. The van der Waals surface area contributed by atoms with E-state index in [4.69, 9.17) is 5.11 Å². The van der Waals surface area contributed by atoms with Crippen molar-refractivity contribution in [2.45, 2.75) is 13.8 Å². The zero-order valence-electron chi connectivity index (χ0n) is 11.0. The molecule has 1 N–H and O–H groups in total. The first kappa shape index (κ1) is 14.2. The molecule has 0 atom stereocenters. The first-order chi connectivity index (χ1) is 9.45. The van der Waals surface area contributed by atoms with E-state index >= 15 is 0 Å². The van der Waals surface area contributed by atoms with Crippen molar-refractivity contribution in [3.63, 3.8) is 0 Å². The van der Waals surface area contributed by atoms with E-state index in [0.29, 0.717) is 10.7 Å². The van der Waals surface area contributed by atoms with Crippen molar-refractivity contribution in [3.05, 3.63) is 33.2 Å². The van der Waals surface area contributed by atoms with E-state index in [0.717, 1.165) is 4.90 Å². The normalized spacial score (nSPS) is 10.7. The molecule has 0 saturated heterocycles. The van der Waals surface area contributed by atoms with Gasteiger partial charge in [-0.15, -0.1) is 11.3 Å². The van der Waals surface area contributed by atoms with Crippen molar-refractivity contribution in [2.24, 2.45) is 0 Å². The second-order valence-corrected chi connectivity index (χ2v) is 5.02. The number of aliphatic carboxylic acids is 1. The summed E-state index contributed by atoms with van der Waals surface area (Å²) in [5, 5.41) is 10.5. The van der Waals surface area contributed by atoms with Crippen molar-refractivity contribution in [3.8, 4) is 0 Å². The lowest BCUT2D eigenvalue weighted by Crippen LogP contribution is -2.39. The zero-order chi connectivity index (χ0) is 14.9. The van der Waals surface area contributed by atoms with Crippen molar-refractivity contribution in [1.29, 1.82) is 0 Å². The number of amides is 1. The summed E-state index contributed by atoms with van der Waals surface area (Å²) in [5.41, 5.74) is 0.105. The number of fused-ring (bicyclic) bond motifs is 1. The first-order valence-corrected chi connectivity index (χ1v) is 6.80. The van der Waals surface area contributed by atoms with Gasteiger partial charge in [0, 0.05) is 23.8 Å². The molecule has 0 aliphatic rings. The quantitative estimate of drug-likeness (QED) is 0.892. The number of aromatic nitrogens is 2. The van der Waals surface area contributed by atoms with Gasteiger partial charge in [-0.3, -0.25) is 18.8 Å². The van der Waals surface area contributed by atoms with E-state index in [1.807, 2.05) is 0 Å². The van der Waals surface area contributed by atoms with Crippen molar-refractivity contribution in [1.82, 2.24) is 14.3 Å². The molecular formula is C12H13N3O4S.